The number of carboxylic acid groups (broad SMARTS) is 2. The highest BCUT2D eigenvalue weighted by molar-refractivity contribution is 6.02. The number of carbonyl (C=O) groups excluding carboxylic acids is 4. The molecule has 2 aromatic carbocycles. The van der Waals surface area contributed by atoms with Crippen molar-refractivity contribution >= 4 is 35.4 Å². The van der Waals surface area contributed by atoms with Crippen LogP contribution in [0.4, 0.5) is 0 Å². The zero-order valence-corrected chi connectivity index (χ0v) is 27.5. The van der Waals surface area contributed by atoms with Gasteiger partial charge in [0, 0.05) is 34.4 Å². The molecule has 14 heteroatoms. The third-order valence-corrected chi connectivity index (χ3v) is 5.86. The van der Waals surface area contributed by atoms with E-state index >= 15 is 0 Å². The van der Waals surface area contributed by atoms with E-state index in [2.05, 4.69) is 0 Å². The Morgan fingerprint density at radius 1 is 0.604 bits per heavy atom. The lowest BCUT2D eigenvalue weighted by atomic mass is 9.97. The number of ketones is 2. The minimum atomic E-state index is -1.45. The van der Waals surface area contributed by atoms with Gasteiger partial charge in [-0.3, -0.25) is 9.59 Å². The molecule has 0 aliphatic carbocycles. The van der Waals surface area contributed by atoms with E-state index in [0.29, 0.717) is 22.6 Å². The molecule has 0 saturated heterocycles. The van der Waals surface area contributed by atoms with Crippen LogP contribution >= 0.6 is 0 Å². The quantitative estimate of drug-likeness (QED) is 0.0871. The highest BCUT2D eigenvalue weighted by Crippen LogP contribution is 2.18. The molecule has 0 radical (unpaired) electrons. The Balaban J connectivity index is 0.000000480. The van der Waals surface area contributed by atoms with Crippen molar-refractivity contribution in [2.45, 2.75) is 52.7 Å². The summed E-state index contributed by atoms with van der Waals surface area (Å²) in [6.07, 6.45) is 1.65. The Morgan fingerprint density at radius 3 is 1.35 bits per heavy atom. The summed E-state index contributed by atoms with van der Waals surface area (Å²) in [4.78, 5) is 67.4. The number of benzene rings is 2. The monoisotopic (exact) mass is 672 g/mol. The molecule has 0 unspecified atom stereocenters. The van der Waals surface area contributed by atoms with Crippen LogP contribution in [-0.4, -0.2) is 93.5 Å². The molecule has 0 aliphatic heterocycles. The van der Waals surface area contributed by atoms with Crippen LogP contribution in [0.15, 0.2) is 71.8 Å². The van der Waals surface area contributed by atoms with E-state index in [1.807, 2.05) is 0 Å². The van der Waals surface area contributed by atoms with Crippen LogP contribution in [0, 0.1) is 0 Å². The Kier molecular flexibility index (Phi) is 15.9. The highest BCUT2D eigenvalue weighted by atomic mass is 16.6. The van der Waals surface area contributed by atoms with Crippen molar-refractivity contribution in [2.75, 3.05) is 26.4 Å². The van der Waals surface area contributed by atoms with E-state index in [1.165, 1.54) is 65.8 Å². The van der Waals surface area contributed by atoms with Gasteiger partial charge in [-0.25, -0.2) is 19.2 Å². The second-order valence-electron chi connectivity index (χ2n) is 11.1. The number of Topliss-reactive ketones (excluding diaryl/α,β-unsaturated/α-hetero) is 2. The van der Waals surface area contributed by atoms with Gasteiger partial charge >= 0.3 is 23.9 Å². The van der Waals surface area contributed by atoms with Gasteiger partial charge in [-0.2, -0.15) is 0 Å². The van der Waals surface area contributed by atoms with E-state index in [4.69, 9.17) is 29.2 Å². The van der Waals surface area contributed by atoms with Crippen LogP contribution in [0.2, 0.25) is 0 Å². The Labute approximate surface area is 277 Å². The Bertz CT molecular complexity index is 1500. The summed E-state index contributed by atoms with van der Waals surface area (Å²) in [7, 11) is 0. The molecule has 0 fully saturated rings. The molecule has 0 atom stereocenters. The van der Waals surface area contributed by atoms with Crippen molar-refractivity contribution in [3.05, 3.63) is 83.0 Å². The van der Waals surface area contributed by atoms with E-state index in [1.54, 1.807) is 24.3 Å². The summed E-state index contributed by atoms with van der Waals surface area (Å²) >= 11 is 0. The third kappa shape index (κ3) is 15.3. The van der Waals surface area contributed by atoms with Gasteiger partial charge in [-0.15, -0.1) is 0 Å². The molecule has 14 nitrogen and oxygen atoms in total. The van der Waals surface area contributed by atoms with Crippen molar-refractivity contribution in [2.24, 2.45) is 0 Å². The maximum absolute atomic E-state index is 11.9. The van der Waals surface area contributed by atoms with Crippen LogP contribution in [0.3, 0.4) is 0 Å². The SMILES string of the molecule is C/C(=C/C(=O)O)C(=O)OCCOc1ccc(C(=O)C(C)(C)O)cc1.C/C(=C/C(=O)OCCOc1ccc(C(=O)C(C)(C)O)cc1)C(=O)O. The van der Waals surface area contributed by atoms with Crippen LogP contribution in [0.1, 0.15) is 62.3 Å². The Hall–Kier alpha value is -5.34. The lowest BCUT2D eigenvalue weighted by Crippen LogP contribution is -2.30. The van der Waals surface area contributed by atoms with E-state index in [9.17, 15) is 39.0 Å². The van der Waals surface area contributed by atoms with Crippen molar-refractivity contribution < 1.29 is 68.1 Å². The summed E-state index contributed by atoms with van der Waals surface area (Å²) < 4.78 is 20.3. The zero-order valence-electron chi connectivity index (χ0n) is 27.5. The first-order valence-electron chi connectivity index (χ1n) is 14.4. The number of aliphatic carboxylic acids is 2. The highest BCUT2D eigenvalue weighted by Gasteiger charge is 2.25. The largest absolute Gasteiger partial charge is 0.490 e. The number of rotatable bonds is 16. The topological polar surface area (TPSA) is 220 Å². The van der Waals surface area contributed by atoms with Gasteiger partial charge in [-0.1, -0.05) is 0 Å². The summed E-state index contributed by atoms with van der Waals surface area (Å²) in [5.74, 6) is -3.76. The molecule has 0 bridgehead atoms. The molecule has 0 saturated carbocycles. The van der Waals surface area contributed by atoms with Crippen LogP contribution in [-0.2, 0) is 28.7 Å². The fourth-order valence-electron chi connectivity index (χ4n) is 3.35. The van der Waals surface area contributed by atoms with E-state index < -0.39 is 46.6 Å². The number of esters is 2. The lowest BCUT2D eigenvalue weighted by molar-refractivity contribution is -0.140. The first kappa shape index (κ1) is 40.7. The maximum atomic E-state index is 11.9. The fraction of sp³-hybridized carbons (Fsp3) is 0.353. The number of carboxylic acids is 2. The van der Waals surface area contributed by atoms with E-state index in [-0.39, 0.29) is 37.6 Å². The van der Waals surface area contributed by atoms with E-state index in [0.717, 1.165) is 12.2 Å². The predicted octanol–water partition coefficient (Wildman–Crippen LogP) is 3.19. The maximum Gasteiger partial charge on any atom is 0.334 e. The van der Waals surface area contributed by atoms with Gasteiger partial charge in [0.15, 0.2) is 11.6 Å². The molecule has 2 rings (SSSR count). The molecule has 0 amide bonds. The van der Waals surface area contributed by atoms with Gasteiger partial charge in [0.1, 0.15) is 49.1 Å². The molecule has 0 aliphatic rings. The second-order valence-corrected chi connectivity index (χ2v) is 11.1. The van der Waals surface area contributed by atoms with Gasteiger partial charge < -0.3 is 39.4 Å². The van der Waals surface area contributed by atoms with Gasteiger partial charge in [0.2, 0.25) is 0 Å². The third-order valence-electron chi connectivity index (χ3n) is 5.86. The van der Waals surface area contributed by atoms with Gasteiger partial charge in [0.25, 0.3) is 0 Å². The van der Waals surface area contributed by atoms with Crippen LogP contribution in [0.5, 0.6) is 11.5 Å². The number of hydrogen-bond donors (Lipinski definition) is 4. The zero-order chi connectivity index (χ0) is 36.7. The standard InChI is InChI=1S/2C17H20O7/c1-11(16(20)21)10-14(18)24-9-8-23-13-6-4-12(5-7-13)15(19)17(2,3)22;1-11(10-14(18)19)16(21)24-9-8-23-13-6-4-12(5-7-13)15(20)17(2,3)22/h4-7,10,22H,8-9H2,1-3H3,(H,20,21);4-7,10,22H,8-9H2,1-3H3,(H,18,19)/b2*11-10-. The van der Waals surface area contributed by atoms with Crippen molar-refractivity contribution in [3.8, 4) is 11.5 Å². The second kappa shape index (κ2) is 18.7. The molecule has 0 spiro atoms. The molecule has 4 N–H and O–H groups in total. The Morgan fingerprint density at radius 2 is 1.00 bits per heavy atom. The number of carbonyl (C=O) groups is 6. The van der Waals surface area contributed by atoms with Gasteiger partial charge in [0.05, 0.1) is 0 Å². The van der Waals surface area contributed by atoms with Crippen molar-refractivity contribution in [1.29, 1.82) is 0 Å². The number of aliphatic hydroxyl groups is 2. The number of hydrogen-bond acceptors (Lipinski definition) is 12. The predicted molar refractivity (Wildman–Crippen MR) is 170 cm³/mol. The average molecular weight is 673 g/mol. The minimum Gasteiger partial charge on any atom is -0.490 e. The van der Waals surface area contributed by atoms with Crippen molar-refractivity contribution in [1.82, 2.24) is 0 Å². The molecule has 0 aromatic heterocycles. The molecular formula is C34H40O14. The summed E-state index contributed by atoms with van der Waals surface area (Å²) in [6.45, 7) is 8.33. The lowest BCUT2D eigenvalue weighted by Gasteiger charge is -2.15. The van der Waals surface area contributed by atoms with Gasteiger partial charge in [-0.05, 0) is 90.1 Å². The molecular weight excluding hydrogens is 632 g/mol. The summed E-state index contributed by atoms with van der Waals surface area (Å²) in [5, 5.41) is 36.5. The smallest absolute Gasteiger partial charge is 0.334 e. The fourth-order valence-corrected chi connectivity index (χ4v) is 3.35. The normalized spacial score (nSPS) is 11.8. The first-order chi connectivity index (χ1) is 22.2. The van der Waals surface area contributed by atoms with Crippen LogP contribution < -0.4 is 9.47 Å². The molecule has 260 valence electrons. The number of ether oxygens (including phenoxy) is 4. The molecule has 2 aromatic rings. The molecule has 0 heterocycles. The van der Waals surface area contributed by atoms with Crippen LogP contribution in [0.25, 0.3) is 0 Å². The summed E-state index contributed by atoms with van der Waals surface area (Å²) in [6, 6.07) is 12.4. The summed E-state index contributed by atoms with van der Waals surface area (Å²) in [5.41, 5.74) is -2.31. The average Bonchev–Trinajstić information content (AvgIpc) is 3.00. The first-order valence-corrected chi connectivity index (χ1v) is 14.4. The molecule has 48 heavy (non-hydrogen) atoms. The van der Waals surface area contributed by atoms with Crippen molar-refractivity contribution in [3.63, 3.8) is 0 Å². The minimum absolute atomic E-state index is 0.0167.